The molecule has 4 nitrogen and oxygen atoms in total. The van der Waals surface area contributed by atoms with Crippen LogP contribution in [-0.2, 0) is 4.79 Å². The van der Waals surface area contributed by atoms with Gasteiger partial charge in [-0.1, -0.05) is 39.3 Å². The van der Waals surface area contributed by atoms with Crippen molar-refractivity contribution in [1.29, 1.82) is 0 Å². The Morgan fingerprint density at radius 3 is 2.50 bits per heavy atom. The van der Waals surface area contributed by atoms with E-state index in [0.29, 0.717) is 30.6 Å². The molecular formula is C28H47NO3. The summed E-state index contributed by atoms with van der Waals surface area (Å²) in [6, 6.07) is 0. The van der Waals surface area contributed by atoms with Crippen LogP contribution < -0.4 is 5.73 Å². The molecule has 0 saturated heterocycles. The van der Waals surface area contributed by atoms with Gasteiger partial charge in [0.2, 0.25) is 0 Å². The molecule has 4 aliphatic carbocycles. The Labute approximate surface area is 195 Å². The maximum atomic E-state index is 14.0. The summed E-state index contributed by atoms with van der Waals surface area (Å²) in [6.45, 7) is 12.8. The fourth-order valence-corrected chi connectivity index (χ4v) is 8.64. The van der Waals surface area contributed by atoms with Crippen LogP contribution in [0.1, 0.15) is 106 Å². The first-order valence-electron chi connectivity index (χ1n) is 13.2. The molecule has 0 aromatic heterocycles. The van der Waals surface area contributed by atoms with Gasteiger partial charge in [0.15, 0.2) is 5.78 Å². The third-order valence-electron chi connectivity index (χ3n) is 11.0. The van der Waals surface area contributed by atoms with Gasteiger partial charge in [0.05, 0.1) is 16.7 Å². The van der Waals surface area contributed by atoms with E-state index in [1.807, 2.05) is 13.8 Å². The molecule has 3 fully saturated rings. The highest BCUT2D eigenvalue weighted by molar-refractivity contribution is 5.92. The van der Waals surface area contributed by atoms with Gasteiger partial charge in [-0.15, -0.1) is 0 Å². The molecule has 8 atom stereocenters. The smallest absolute Gasteiger partial charge is 0.154 e. The number of nitrogens with two attached hydrogens (primary N) is 1. The number of rotatable bonds is 5. The second-order valence-electron chi connectivity index (χ2n) is 13.3. The first kappa shape index (κ1) is 24.4. The standard InChI is InChI=1S/C28H47NO3/c1-7-27(32)15-14-26(6)19(16-27)8-9-22-21-11-10-20(18(2)12-13-24(3,4)31)25(21,5)17-23(30)28(22,26)29/h8,18,20-22,31-32H,7,9-17,29H2,1-6H3/t18-,20-,21+,22+,25-,26+,27+,28+/m1/s1. The second-order valence-corrected chi connectivity index (χ2v) is 13.3. The van der Waals surface area contributed by atoms with Crippen LogP contribution in [0, 0.1) is 34.5 Å². The van der Waals surface area contributed by atoms with Gasteiger partial charge in [-0.2, -0.15) is 0 Å². The van der Waals surface area contributed by atoms with E-state index in [-0.39, 0.29) is 22.5 Å². The molecule has 0 radical (unpaired) electrons. The molecule has 182 valence electrons. The summed E-state index contributed by atoms with van der Waals surface area (Å²) in [4.78, 5) is 14.0. The number of hydrogen-bond donors (Lipinski definition) is 3. The van der Waals surface area contributed by atoms with E-state index in [4.69, 9.17) is 5.73 Å². The largest absolute Gasteiger partial charge is 0.390 e. The van der Waals surface area contributed by atoms with E-state index < -0.39 is 16.7 Å². The predicted molar refractivity (Wildman–Crippen MR) is 129 cm³/mol. The van der Waals surface area contributed by atoms with E-state index in [1.54, 1.807) is 0 Å². The van der Waals surface area contributed by atoms with Crippen LogP contribution in [0.15, 0.2) is 11.6 Å². The van der Waals surface area contributed by atoms with Crippen molar-refractivity contribution in [2.24, 2.45) is 40.2 Å². The molecule has 0 spiro atoms. The number of hydrogen-bond acceptors (Lipinski definition) is 4. The van der Waals surface area contributed by atoms with Crippen LogP contribution in [0.3, 0.4) is 0 Å². The SMILES string of the molecule is CC[C@]1(O)CC[C@@]2(C)C(=CC[C@H]3[C@@H]4CC[C@H]([C@H](C)CCC(C)(C)O)[C@@]4(C)CC(=O)[C@@]32N)C1. The lowest BCUT2D eigenvalue weighted by atomic mass is 9.42. The maximum absolute atomic E-state index is 14.0. The number of carbonyl (C=O) groups is 1. The summed E-state index contributed by atoms with van der Waals surface area (Å²) in [5.41, 5.74) is 6.09. The minimum Gasteiger partial charge on any atom is -0.390 e. The van der Waals surface area contributed by atoms with Crippen molar-refractivity contribution >= 4 is 5.78 Å². The minimum atomic E-state index is -0.804. The molecule has 32 heavy (non-hydrogen) atoms. The Hall–Kier alpha value is -0.710. The average molecular weight is 446 g/mol. The molecule has 4 aliphatic rings. The van der Waals surface area contributed by atoms with Crippen molar-refractivity contribution in [2.75, 3.05) is 0 Å². The first-order chi connectivity index (χ1) is 14.7. The number of allylic oxidation sites excluding steroid dienone is 1. The molecule has 0 amide bonds. The lowest BCUT2D eigenvalue weighted by molar-refractivity contribution is -0.152. The number of ketones is 1. The van der Waals surface area contributed by atoms with Crippen LogP contribution >= 0.6 is 0 Å². The highest BCUT2D eigenvalue weighted by Gasteiger charge is 2.68. The van der Waals surface area contributed by atoms with E-state index in [9.17, 15) is 15.0 Å². The van der Waals surface area contributed by atoms with Gasteiger partial charge in [0, 0.05) is 11.8 Å². The summed E-state index contributed by atoms with van der Waals surface area (Å²) in [7, 11) is 0. The number of aliphatic hydroxyl groups is 2. The molecule has 0 aliphatic heterocycles. The molecular weight excluding hydrogens is 398 g/mol. The van der Waals surface area contributed by atoms with Crippen molar-refractivity contribution < 1.29 is 15.0 Å². The van der Waals surface area contributed by atoms with Crippen LogP contribution in [0.25, 0.3) is 0 Å². The highest BCUT2D eigenvalue weighted by Crippen LogP contribution is 2.67. The van der Waals surface area contributed by atoms with Gasteiger partial charge in [-0.05, 0) is 101 Å². The molecule has 3 saturated carbocycles. The quantitative estimate of drug-likeness (QED) is 0.511. The molecule has 0 heterocycles. The lowest BCUT2D eigenvalue weighted by Gasteiger charge is -2.63. The van der Waals surface area contributed by atoms with Gasteiger partial charge in [-0.3, -0.25) is 4.79 Å². The monoisotopic (exact) mass is 445 g/mol. The van der Waals surface area contributed by atoms with Gasteiger partial charge < -0.3 is 15.9 Å². The van der Waals surface area contributed by atoms with Gasteiger partial charge in [0.1, 0.15) is 0 Å². The van der Waals surface area contributed by atoms with Crippen LogP contribution in [-0.4, -0.2) is 32.7 Å². The van der Waals surface area contributed by atoms with Crippen LogP contribution in [0.4, 0.5) is 0 Å². The van der Waals surface area contributed by atoms with Crippen molar-refractivity contribution in [3.05, 3.63) is 11.6 Å². The number of carbonyl (C=O) groups excluding carboxylic acids is 1. The van der Waals surface area contributed by atoms with Gasteiger partial charge >= 0.3 is 0 Å². The zero-order valence-electron chi connectivity index (χ0n) is 21.3. The Bertz CT molecular complexity index is 799. The molecule has 4 heteroatoms. The van der Waals surface area contributed by atoms with Gasteiger partial charge in [-0.25, -0.2) is 0 Å². The average Bonchev–Trinajstić information content (AvgIpc) is 3.04. The fourth-order valence-electron chi connectivity index (χ4n) is 8.64. The summed E-state index contributed by atoms with van der Waals surface area (Å²) in [6.07, 6.45) is 10.9. The second kappa shape index (κ2) is 7.65. The highest BCUT2D eigenvalue weighted by atomic mass is 16.3. The third-order valence-corrected chi connectivity index (χ3v) is 11.0. The first-order valence-corrected chi connectivity index (χ1v) is 13.2. The summed E-state index contributed by atoms with van der Waals surface area (Å²) < 4.78 is 0. The van der Waals surface area contributed by atoms with Crippen molar-refractivity contribution in [3.63, 3.8) is 0 Å². The summed E-state index contributed by atoms with van der Waals surface area (Å²) in [5.74, 6) is 1.94. The summed E-state index contributed by atoms with van der Waals surface area (Å²) >= 11 is 0. The van der Waals surface area contributed by atoms with E-state index in [2.05, 4.69) is 33.8 Å². The molecule has 0 aromatic carbocycles. The minimum absolute atomic E-state index is 0.00413. The number of fused-ring (bicyclic) bond motifs is 5. The fraction of sp³-hybridized carbons (Fsp3) is 0.893. The Morgan fingerprint density at radius 2 is 1.88 bits per heavy atom. The molecule has 0 bridgehead atoms. The topological polar surface area (TPSA) is 83.5 Å². The Balaban J connectivity index is 1.64. The van der Waals surface area contributed by atoms with E-state index >= 15 is 0 Å². The Kier molecular flexibility index (Phi) is 5.84. The molecule has 0 unspecified atom stereocenters. The van der Waals surface area contributed by atoms with Crippen LogP contribution in [0.2, 0.25) is 0 Å². The maximum Gasteiger partial charge on any atom is 0.154 e. The molecule has 4 rings (SSSR count). The van der Waals surface area contributed by atoms with Crippen molar-refractivity contribution in [3.8, 4) is 0 Å². The van der Waals surface area contributed by atoms with Crippen molar-refractivity contribution in [1.82, 2.24) is 0 Å². The van der Waals surface area contributed by atoms with E-state index in [1.165, 1.54) is 5.57 Å². The zero-order chi connectivity index (χ0) is 23.7. The zero-order valence-corrected chi connectivity index (χ0v) is 21.3. The molecule has 0 aromatic rings. The normalized spacial score (nSPS) is 47.3. The van der Waals surface area contributed by atoms with Crippen molar-refractivity contribution in [2.45, 2.75) is 122 Å². The summed E-state index contributed by atoms with van der Waals surface area (Å²) in [5, 5.41) is 21.2. The number of Topliss-reactive ketones (excluding diaryl/α,β-unsaturated/α-hetero) is 1. The third kappa shape index (κ3) is 3.46. The van der Waals surface area contributed by atoms with Crippen LogP contribution in [0.5, 0.6) is 0 Å². The van der Waals surface area contributed by atoms with E-state index in [0.717, 1.165) is 51.4 Å². The lowest BCUT2D eigenvalue weighted by Crippen LogP contribution is -2.72. The molecule has 4 N–H and O–H groups in total. The van der Waals surface area contributed by atoms with Gasteiger partial charge in [0.25, 0.3) is 0 Å². The predicted octanol–water partition coefficient (Wildman–Crippen LogP) is 5.15. The Morgan fingerprint density at radius 1 is 1.19 bits per heavy atom.